The Morgan fingerprint density at radius 2 is 1.32 bits per heavy atom. The van der Waals surface area contributed by atoms with Gasteiger partial charge in [0.15, 0.2) is 11.5 Å². The van der Waals surface area contributed by atoms with Crippen molar-refractivity contribution in [3.8, 4) is 11.5 Å². The van der Waals surface area contributed by atoms with Crippen molar-refractivity contribution in [1.29, 1.82) is 0 Å². The highest BCUT2D eigenvalue weighted by molar-refractivity contribution is 6.05. The van der Waals surface area contributed by atoms with Crippen LogP contribution in [0.5, 0.6) is 11.5 Å². The molecule has 3 amide bonds. The molecule has 0 bridgehead atoms. The standard InChI is InChI=1S/C25H23N3O6/c1-15-6-4-7-17(12-15)24(31)27-28-25(32)18-8-5-9-20(13-18)26-23(30)19-10-11-21(34-16(2)29)22(14-19)33-3/h4-14H,1-3H3,(H,26,30)(H,27,31)(H,28,32). The number of carbonyl (C=O) groups is 4. The molecule has 0 saturated carbocycles. The van der Waals surface area contributed by atoms with E-state index in [1.165, 1.54) is 38.3 Å². The van der Waals surface area contributed by atoms with Gasteiger partial charge in [0.2, 0.25) is 0 Å². The number of aryl methyl sites for hydroxylation is 1. The molecule has 174 valence electrons. The van der Waals surface area contributed by atoms with E-state index in [-0.39, 0.29) is 22.6 Å². The molecule has 0 aliphatic heterocycles. The summed E-state index contributed by atoms with van der Waals surface area (Å²) in [7, 11) is 1.39. The van der Waals surface area contributed by atoms with E-state index in [9.17, 15) is 19.2 Å². The van der Waals surface area contributed by atoms with Gasteiger partial charge in [-0.3, -0.25) is 30.0 Å². The number of hydrazine groups is 1. The molecule has 0 aliphatic carbocycles. The lowest BCUT2D eigenvalue weighted by molar-refractivity contribution is -0.132. The lowest BCUT2D eigenvalue weighted by Gasteiger charge is -2.11. The van der Waals surface area contributed by atoms with Crippen LogP contribution in [-0.2, 0) is 4.79 Å². The Morgan fingerprint density at radius 1 is 0.706 bits per heavy atom. The van der Waals surface area contributed by atoms with Gasteiger partial charge in [-0.1, -0.05) is 23.8 Å². The summed E-state index contributed by atoms with van der Waals surface area (Å²) in [6.45, 7) is 3.12. The first-order valence-electron chi connectivity index (χ1n) is 10.2. The first-order valence-corrected chi connectivity index (χ1v) is 10.2. The second kappa shape index (κ2) is 10.8. The van der Waals surface area contributed by atoms with Gasteiger partial charge in [0.05, 0.1) is 7.11 Å². The largest absolute Gasteiger partial charge is 0.493 e. The smallest absolute Gasteiger partial charge is 0.308 e. The predicted molar refractivity (Wildman–Crippen MR) is 125 cm³/mol. The maximum absolute atomic E-state index is 12.7. The minimum atomic E-state index is -0.551. The Balaban J connectivity index is 1.65. The van der Waals surface area contributed by atoms with E-state index < -0.39 is 23.7 Å². The molecule has 3 N–H and O–H groups in total. The second-order valence-corrected chi connectivity index (χ2v) is 7.27. The highest BCUT2D eigenvalue weighted by Crippen LogP contribution is 2.28. The van der Waals surface area contributed by atoms with E-state index in [2.05, 4.69) is 16.2 Å². The van der Waals surface area contributed by atoms with Gasteiger partial charge in [0, 0.05) is 29.3 Å². The molecule has 0 aliphatic rings. The van der Waals surface area contributed by atoms with Crippen LogP contribution in [-0.4, -0.2) is 30.8 Å². The van der Waals surface area contributed by atoms with Crippen LogP contribution in [0.4, 0.5) is 5.69 Å². The van der Waals surface area contributed by atoms with Crippen molar-refractivity contribution < 1.29 is 28.7 Å². The summed E-state index contributed by atoms with van der Waals surface area (Å²) >= 11 is 0. The Labute approximate surface area is 196 Å². The Hall–Kier alpha value is -4.66. The topological polar surface area (TPSA) is 123 Å². The zero-order chi connectivity index (χ0) is 24.7. The third kappa shape index (κ3) is 6.19. The van der Waals surface area contributed by atoms with Gasteiger partial charge in [-0.2, -0.15) is 0 Å². The summed E-state index contributed by atoms with van der Waals surface area (Å²) in [6, 6.07) is 17.5. The second-order valence-electron chi connectivity index (χ2n) is 7.27. The summed E-state index contributed by atoms with van der Waals surface area (Å²) in [4.78, 5) is 48.5. The number of carbonyl (C=O) groups excluding carboxylic acids is 4. The van der Waals surface area contributed by atoms with E-state index >= 15 is 0 Å². The molecule has 0 atom stereocenters. The highest BCUT2D eigenvalue weighted by atomic mass is 16.6. The maximum Gasteiger partial charge on any atom is 0.308 e. The molecule has 0 saturated heterocycles. The van der Waals surface area contributed by atoms with Crippen molar-refractivity contribution in [2.24, 2.45) is 0 Å². The molecule has 3 aromatic carbocycles. The molecule has 0 fully saturated rings. The Kier molecular flexibility index (Phi) is 7.60. The molecule has 9 heteroatoms. The number of anilines is 1. The molecule has 34 heavy (non-hydrogen) atoms. The zero-order valence-corrected chi connectivity index (χ0v) is 18.8. The minimum absolute atomic E-state index is 0.193. The van der Waals surface area contributed by atoms with E-state index in [1.807, 2.05) is 13.0 Å². The van der Waals surface area contributed by atoms with Crippen molar-refractivity contribution in [1.82, 2.24) is 10.9 Å². The number of methoxy groups -OCH3 is 1. The van der Waals surface area contributed by atoms with Crippen molar-refractivity contribution in [2.45, 2.75) is 13.8 Å². The highest BCUT2D eigenvalue weighted by Gasteiger charge is 2.14. The minimum Gasteiger partial charge on any atom is -0.493 e. The summed E-state index contributed by atoms with van der Waals surface area (Å²) in [5.74, 6) is -1.56. The molecule has 9 nitrogen and oxygen atoms in total. The number of esters is 1. The number of benzene rings is 3. The fraction of sp³-hybridized carbons (Fsp3) is 0.120. The Bertz CT molecular complexity index is 1250. The molecule has 0 aromatic heterocycles. The Morgan fingerprint density at radius 3 is 1.94 bits per heavy atom. The van der Waals surface area contributed by atoms with Crippen LogP contribution in [0.2, 0.25) is 0 Å². The van der Waals surface area contributed by atoms with Crippen LogP contribution >= 0.6 is 0 Å². The molecule has 3 aromatic rings. The molecule has 0 heterocycles. The van der Waals surface area contributed by atoms with Gasteiger partial charge in [-0.05, 0) is 55.5 Å². The van der Waals surface area contributed by atoms with E-state index in [1.54, 1.807) is 36.4 Å². The molecular formula is C25H23N3O6. The van der Waals surface area contributed by atoms with Crippen LogP contribution in [0.3, 0.4) is 0 Å². The van der Waals surface area contributed by atoms with Crippen LogP contribution < -0.4 is 25.6 Å². The quantitative estimate of drug-likeness (QED) is 0.294. The number of amides is 3. The average Bonchev–Trinajstić information content (AvgIpc) is 2.82. The number of ether oxygens (including phenoxy) is 2. The molecule has 0 unspecified atom stereocenters. The monoisotopic (exact) mass is 461 g/mol. The number of hydrogen-bond acceptors (Lipinski definition) is 6. The average molecular weight is 461 g/mol. The van der Waals surface area contributed by atoms with Crippen molar-refractivity contribution in [3.63, 3.8) is 0 Å². The van der Waals surface area contributed by atoms with E-state index in [0.29, 0.717) is 11.3 Å². The van der Waals surface area contributed by atoms with Gasteiger partial charge < -0.3 is 14.8 Å². The van der Waals surface area contributed by atoms with Crippen LogP contribution in [0.25, 0.3) is 0 Å². The number of nitrogens with one attached hydrogen (secondary N) is 3. The van der Waals surface area contributed by atoms with Gasteiger partial charge in [-0.15, -0.1) is 0 Å². The van der Waals surface area contributed by atoms with Crippen molar-refractivity contribution >= 4 is 29.4 Å². The molecule has 3 rings (SSSR count). The molecule has 0 radical (unpaired) electrons. The van der Waals surface area contributed by atoms with E-state index in [0.717, 1.165) is 5.56 Å². The summed E-state index contributed by atoms with van der Waals surface area (Å²) in [5, 5.41) is 2.69. The number of rotatable bonds is 6. The third-order valence-electron chi connectivity index (χ3n) is 4.63. The fourth-order valence-electron chi connectivity index (χ4n) is 3.03. The van der Waals surface area contributed by atoms with Crippen LogP contribution in [0, 0.1) is 6.92 Å². The number of hydrogen-bond donors (Lipinski definition) is 3. The fourth-order valence-corrected chi connectivity index (χ4v) is 3.03. The van der Waals surface area contributed by atoms with E-state index in [4.69, 9.17) is 9.47 Å². The first kappa shape index (κ1) is 24.0. The van der Waals surface area contributed by atoms with Gasteiger partial charge in [-0.25, -0.2) is 0 Å². The van der Waals surface area contributed by atoms with Crippen molar-refractivity contribution in [2.75, 3.05) is 12.4 Å². The van der Waals surface area contributed by atoms with Gasteiger partial charge in [0.1, 0.15) is 0 Å². The zero-order valence-electron chi connectivity index (χ0n) is 18.8. The summed E-state index contributed by atoms with van der Waals surface area (Å²) < 4.78 is 10.2. The summed E-state index contributed by atoms with van der Waals surface area (Å²) in [6.07, 6.45) is 0. The summed E-state index contributed by atoms with van der Waals surface area (Å²) in [5.41, 5.74) is 6.90. The van der Waals surface area contributed by atoms with Gasteiger partial charge >= 0.3 is 5.97 Å². The van der Waals surface area contributed by atoms with Gasteiger partial charge in [0.25, 0.3) is 17.7 Å². The van der Waals surface area contributed by atoms with Crippen LogP contribution in [0.15, 0.2) is 66.7 Å². The van der Waals surface area contributed by atoms with Crippen LogP contribution in [0.1, 0.15) is 43.6 Å². The van der Waals surface area contributed by atoms with Crippen molar-refractivity contribution in [3.05, 3.63) is 89.0 Å². The SMILES string of the molecule is COc1cc(C(=O)Nc2cccc(C(=O)NNC(=O)c3cccc(C)c3)c2)ccc1OC(C)=O. The first-order chi connectivity index (χ1) is 16.3. The molecule has 0 spiro atoms. The molecular weight excluding hydrogens is 438 g/mol. The third-order valence-corrected chi connectivity index (χ3v) is 4.63. The normalized spacial score (nSPS) is 10.1. The predicted octanol–water partition coefficient (Wildman–Crippen LogP) is 3.26. The lowest BCUT2D eigenvalue weighted by Crippen LogP contribution is -2.41. The maximum atomic E-state index is 12.7. The lowest BCUT2D eigenvalue weighted by atomic mass is 10.1.